The number of amides is 1. The van der Waals surface area contributed by atoms with E-state index in [4.69, 9.17) is 10.8 Å². The standard InChI is InChI=1S/C13H16F3N3O2/c14-13(15,16)8-4-3-5-9(17)11(8)18-10-6-1-2-7-19(10)12(20)21/h3-5,10,18H,1-2,6-7,17H2,(H,20,21). The van der Waals surface area contributed by atoms with Gasteiger partial charge in [0.25, 0.3) is 0 Å². The number of nitrogens with two attached hydrogens (primary N) is 1. The van der Waals surface area contributed by atoms with E-state index in [1.54, 1.807) is 0 Å². The number of hydrogen-bond donors (Lipinski definition) is 3. The summed E-state index contributed by atoms with van der Waals surface area (Å²) in [5, 5.41) is 11.8. The van der Waals surface area contributed by atoms with Gasteiger partial charge in [0.1, 0.15) is 6.17 Å². The van der Waals surface area contributed by atoms with Crippen molar-refractivity contribution < 1.29 is 23.1 Å². The highest BCUT2D eigenvalue weighted by atomic mass is 19.4. The van der Waals surface area contributed by atoms with Crippen LogP contribution in [0.4, 0.5) is 29.3 Å². The lowest BCUT2D eigenvalue weighted by Crippen LogP contribution is -2.47. The Kier molecular flexibility index (Phi) is 4.15. The first-order chi connectivity index (χ1) is 9.80. The Labute approximate surface area is 119 Å². The molecule has 0 bridgehead atoms. The van der Waals surface area contributed by atoms with Crippen molar-refractivity contribution in [3.8, 4) is 0 Å². The van der Waals surface area contributed by atoms with E-state index < -0.39 is 24.0 Å². The minimum Gasteiger partial charge on any atom is -0.465 e. The van der Waals surface area contributed by atoms with Crippen LogP contribution in [0.1, 0.15) is 24.8 Å². The maximum absolute atomic E-state index is 13.0. The van der Waals surface area contributed by atoms with E-state index in [0.717, 1.165) is 17.4 Å². The molecule has 1 aromatic carbocycles. The summed E-state index contributed by atoms with van der Waals surface area (Å²) in [6.07, 6.45) is -4.54. The molecule has 0 aromatic heterocycles. The van der Waals surface area contributed by atoms with Crippen LogP contribution in [-0.4, -0.2) is 28.8 Å². The molecule has 1 fully saturated rings. The molecule has 1 amide bonds. The first-order valence-corrected chi connectivity index (χ1v) is 6.52. The Hall–Kier alpha value is -2.12. The highest BCUT2D eigenvalue weighted by molar-refractivity contribution is 5.72. The van der Waals surface area contributed by atoms with Crippen molar-refractivity contribution >= 4 is 17.5 Å². The van der Waals surface area contributed by atoms with E-state index in [1.807, 2.05) is 0 Å². The van der Waals surface area contributed by atoms with E-state index >= 15 is 0 Å². The number of nitrogens with one attached hydrogen (secondary N) is 1. The maximum atomic E-state index is 13.0. The fourth-order valence-corrected chi connectivity index (χ4v) is 2.44. The number of likely N-dealkylation sites (tertiary alicyclic amines) is 1. The molecule has 0 aliphatic carbocycles. The number of carboxylic acid groups (broad SMARTS) is 1. The number of piperidine rings is 1. The minimum atomic E-state index is -4.56. The number of halogens is 3. The predicted molar refractivity (Wildman–Crippen MR) is 71.8 cm³/mol. The van der Waals surface area contributed by atoms with Crippen molar-refractivity contribution in [2.24, 2.45) is 0 Å². The van der Waals surface area contributed by atoms with Crippen LogP contribution in [0.3, 0.4) is 0 Å². The SMILES string of the molecule is Nc1cccc(C(F)(F)F)c1NC1CCCCN1C(=O)O. The molecule has 1 aromatic rings. The summed E-state index contributed by atoms with van der Waals surface area (Å²) in [6.45, 7) is 0.293. The third-order valence-corrected chi connectivity index (χ3v) is 3.46. The van der Waals surface area contributed by atoms with Crippen LogP contribution in [0.25, 0.3) is 0 Å². The van der Waals surface area contributed by atoms with E-state index in [2.05, 4.69) is 5.32 Å². The molecule has 8 heteroatoms. The first-order valence-electron chi connectivity index (χ1n) is 6.52. The quantitative estimate of drug-likeness (QED) is 0.733. The number of para-hydroxylation sites is 1. The molecule has 1 aliphatic rings. The Morgan fingerprint density at radius 3 is 2.71 bits per heavy atom. The van der Waals surface area contributed by atoms with Crippen LogP contribution in [0.5, 0.6) is 0 Å². The molecule has 0 saturated carbocycles. The van der Waals surface area contributed by atoms with Crippen LogP contribution in [-0.2, 0) is 6.18 Å². The Bertz CT molecular complexity index is 534. The maximum Gasteiger partial charge on any atom is 0.418 e. The van der Waals surface area contributed by atoms with E-state index in [9.17, 15) is 18.0 Å². The van der Waals surface area contributed by atoms with Crippen molar-refractivity contribution in [3.63, 3.8) is 0 Å². The third-order valence-electron chi connectivity index (χ3n) is 3.46. The molecule has 1 heterocycles. The average molecular weight is 303 g/mol. The second-order valence-electron chi connectivity index (χ2n) is 4.90. The molecular weight excluding hydrogens is 287 g/mol. The van der Waals surface area contributed by atoms with Gasteiger partial charge in [-0.3, -0.25) is 4.90 Å². The van der Waals surface area contributed by atoms with Gasteiger partial charge in [-0.05, 0) is 31.4 Å². The van der Waals surface area contributed by atoms with Crippen molar-refractivity contribution in [2.75, 3.05) is 17.6 Å². The van der Waals surface area contributed by atoms with Gasteiger partial charge < -0.3 is 16.2 Å². The van der Waals surface area contributed by atoms with E-state index in [-0.39, 0.29) is 11.4 Å². The van der Waals surface area contributed by atoms with Gasteiger partial charge in [0.2, 0.25) is 0 Å². The number of hydrogen-bond acceptors (Lipinski definition) is 3. The molecule has 21 heavy (non-hydrogen) atoms. The number of anilines is 2. The fourth-order valence-electron chi connectivity index (χ4n) is 2.44. The third kappa shape index (κ3) is 3.32. The molecule has 116 valence electrons. The lowest BCUT2D eigenvalue weighted by molar-refractivity contribution is -0.137. The zero-order valence-electron chi connectivity index (χ0n) is 11.2. The molecule has 1 atom stereocenters. The largest absolute Gasteiger partial charge is 0.465 e. The number of carbonyl (C=O) groups is 1. The number of alkyl halides is 3. The summed E-state index contributed by atoms with van der Waals surface area (Å²) in [7, 11) is 0. The van der Waals surface area contributed by atoms with Crippen LogP contribution in [0.2, 0.25) is 0 Å². The normalized spacial score (nSPS) is 19.4. The summed E-state index contributed by atoms with van der Waals surface area (Å²) < 4.78 is 39.0. The highest BCUT2D eigenvalue weighted by Gasteiger charge is 2.36. The number of benzene rings is 1. The van der Waals surface area contributed by atoms with Gasteiger partial charge in [0.15, 0.2) is 0 Å². The van der Waals surface area contributed by atoms with Crippen LogP contribution in [0.15, 0.2) is 18.2 Å². The second kappa shape index (κ2) is 5.71. The zero-order valence-corrected chi connectivity index (χ0v) is 11.2. The van der Waals surface area contributed by atoms with E-state index in [1.165, 1.54) is 12.1 Å². The highest BCUT2D eigenvalue weighted by Crippen LogP contribution is 2.38. The van der Waals surface area contributed by atoms with Gasteiger partial charge in [-0.2, -0.15) is 13.2 Å². The monoisotopic (exact) mass is 303 g/mol. The topological polar surface area (TPSA) is 78.6 Å². The van der Waals surface area contributed by atoms with Crippen LogP contribution in [0, 0.1) is 0 Å². The van der Waals surface area contributed by atoms with Gasteiger partial charge in [-0.15, -0.1) is 0 Å². The van der Waals surface area contributed by atoms with Crippen molar-refractivity contribution in [2.45, 2.75) is 31.6 Å². The molecule has 0 radical (unpaired) electrons. The van der Waals surface area contributed by atoms with Crippen molar-refractivity contribution in [3.05, 3.63) is 23.8 Å². The van der Waals surface area contributed by atoms with Crippen LogP contribution < -0.4 is 11.1 Å². The molecular formula is C13H16F3N3O2. The Morgan fingerprint density at radius 2 is 2.10 bits per heavy atom. The van der Waals surface area contributed by atoms with E-state index in [0.29, 0.717) is 19.4 Å². The molecule has 1 aliphatic heterocycles. The predicted octanol–water partition coefficient (Wildman–Crippen LogP) is 3.19. The summed E-state index contributed by atoms with van der Waals surface area (Å²) in [6, 6.07) is 3.50. The summed E-state index contributed by atoms with van der Waals surface area (Å²) in [5.74, 6) is 0. The number of nitrogens with zero attached hydrogens (tertiary/aromatic N) is 1. The van der Waals surface area contributed by atoms with Gasteiger partial charge in [-0.25, -0.2) is 4.79 Å². The lowest BCUT2D eigenvalue weighted by Gasteiger charge is -2.35. The van der Waals surface area contributed by atoms with Crippen LogP contribution >= 0.6 is 0 Å². The zero-order chi connectivity index (χ0) is 15.6. The summed E-state index contributed by atoms with van der Waals surface area (Å²) >= 11 is 0. The van der Waals surface area contributed by atoms with Gasteiger partial charge in [0, 0.05) is 6.54 Å². The molecule has 1 unspecified atom stereocenters. The number of rotatable bonds is 2. The van der Waals surface area contributed by atoms with Gasteiger partial charge in [-0.1, -0.05) is 6.07 Å². The number of nitrogen functional groups attached to an aromatic ring is 1. The Balaban J connectivity index is 2.32. The molecule has 0 spiro atoms. The average Bonchev–Trinajstić information content (AvgIpc) is 2.40. The molecule has 5 nitrogen and oxygen atoms in total. The minimum absolute atomic E-state index is 0.0549. The van der Waals surface area contributed by atoms with Gasteiger partial charge in [0.05, 0.1) is 16.9 Å². The Morgan fingerprint density at radius 1 is 1.38 bits per heavy atom. The molecule has 4 N–H and O–H groups in total. The van der Waals surface area contributed by atoms with Crippen molar-refractivity contribution in [1.82, 2.24) is 4.90 Å². The summed E-state index contributed by atoms with van der Waals surface area (Å²) in [5.41, 5.74) is 4.42. The second-order valence-corrected chi connectivity index (χ2v) is 4.90. The first kappa shape index (κ1) is 15.3. The lowest BCUT2D eigenvalue weighted by atomic mass is 10.1. The van der Waals surface area contributed by atoms with Crippen molar-refractivity contribution in [1.29, 1.82) is 0 Å². The smallest absolute Gasteiger partial charge is 0.418 e. The molecule has 2 rings (SSSR count). The fraction of sp³-hybridized carbons (Fsp3) is 0.462. The van der Waals surface area contributed by atoms with Gasteiger partial charge >= 0.3 is 12.3 Å². The molecule has 1 saturated heterocycles. The summed E-state index contributed by atoms with van der Waals surface area (Å²) in [4.78, 5) is 12.3.